The van der Waals surface area contributed by atoms with Crippen LogP contribution in [0.1, 0.15) is 45.4 Å². The molecule has 0 radical (unpaired) electrons. The van der Waals surface area contributed by atoms with E-state index in [0.717, 1.165) is 32.6 Å². The number of nitrogens with two attached hydrogens (primary N) is 1. The summed E-state index contributed by atoms with van der Waals surface area (Å²) in [5.41, 5.74) is 6.22. The highest BCUT2D eigenvalue weighted by molar-refractivity contribution is 5.78. The van der Waals surface area contributed by atoms with Gasteiger partial charge in [0.15, 0.2) is 5.96 Å². The Labute approximate surface area is 104 Å². The third-order valence-electron chi connectivity index (χ3n) is 4.04. The van der Waals surface area contributed by atoms with Crippen molar-refractivity contribution in [1.29, 1.82) is 0 Å². The molecule has 3 N–H and O–H groups in total. The van der Waals surface area contributed by atoms with Crippen molar-refractivity contribution < 1.29 is 4.74 Å². The van der Waals surface area contributed by atoms with Gasteiger partial charge in [0.25, 0.3) is 0 Å². The summed E-state index contributed by atoms with van der Waals surface area (Å²) < 4.78 is 5.38. The zero-order chi connectivity index (χ0) is 12.1. The molecule has 98 valence electrons. The van der Waals surface area contributed by atoms with Gasteiger partial charge in [0.1, 0.15) is 0 Å². The lowest BCUT2D eigenvalue weighted by Crippen LogP contribution is -2.39. The molecular formula is C13H25N3O. The van der Waals surface area contributed by atoms with E-state index in [0.29, 0.717) is 12.0 Å². The second-order valence-electron chi connectivity index (χ2n) is 5.75. The molecule has 4 heteroatoms. The van der Waals surface area contributed by atoms with Gasteiger partial charge in [-0.2, -0.15) is 0 Å². The fourth-order valence-electron chi connectivity index (χ4n) is 2.62. The first kappa shape index (κ1) is 12.7. The Hall–Kier alpha value is -0.770. The lowest BCUT2D eigenvalue weighted by Gasteiger charge is -2.32. The van der Waals surface area contributed by atoms with E-state index in [9.17, 15) is 0 Å². The predicted octanol–water partition coefficient (Wildman–Crippen LogP) is 1.65. The Morgan fingerprint density at radius 3 is 2.65 bits per heavy atom. The van der Waals surface area contributed by atoms with Gasteiger partial charge in [0.2, 0.25) is 0 Å². The quantitative estimate of drug-likeness (QED) is 0.581. The molecule has 0 aromatic heterocycles. The normalized spacial score (nSPS) is 26.1. The van der Waals surface area contributed by atoms with Crippen LogP contribution in [0, 0.1) is 5.41 Å². The molecular weight excluding hydrogens is 214 g/mol. The van der Waals surface area contributed by atoms with Crippen LogP contribution < -0.4 is 11.1 Å². The van der Waals surface area contributed by atoms with Gasteiger partial charge in [-0.3, -0.25) is 4.99 Å². The number of hydrogen-bond acceptors (Lipinski definition) is 2. The van der Waals surface area contributed by atoms with Crippen molar-refractivity contribution in [1.82, 2.24) is 5.32 Å². The molecule has 2 fully saturated rings. The van der Waals surface area contributed by atoms with Crippen LogP contribution in [0.3, 0.4) is 0 Å². The highest BCUT2D eigenvalue weighted by Crippen LogP contribution is 2.29. The number of rotatable bonds is 3. The van der Waals surface area contributed by atoms with E-state index in [4.69, 9.17) is 10.5 Å². The molecule has 17 heavy (non-hydrogen) atoms. The van der Waals surface area contributed by atoms with Gasteiger partial charge in [-0.15, -0.1) is 0 Å². The Bertz CT molecular complexity index is 266. The Morgan fingerprint density at radius 2 is 2.00 bits per heavy atom. The van der Waals surface area contributed by atoms with Gasteiger partial charge >= 0.3 is 0 Å². The van der Waals surface area contributed by atoms with Crippen molar-refractivity contribution in [3.63, 3.8) is 0 Å². The smallest absolute Gasteiger partial charge is 0.188 e. The summed E-state index contributed by atoms with van der Waals surface area (Å²) in [6.07, 6.45) is 7.29. The number of nitrogens with zero attached hydrogens (tertiary/aromatic N) is 1. The third-order valence-corrected chi connectivity index (χ3v) is 4.04. The largest absolute Gasteiger partial charge is 0.381 e. The molecule has 0 amide bonds. The topological polar surface area (TPSA) is 59.6 Å². The monoisotopic (exact) mass is 239 g/mol. The lowest BCUT2D eigenvalue weighted by atomic mass is 9.83. The van der Waals surface area contributed by atoms with Crippen molar-refractivity contribution >= 4 is 5.96 Å². The zero-order valence-corrected chi connectivity index (χ0v) is 10.9. The highest BCUT2D eigenvalue weighted by atomic mass is 16.5. The van der Waals surface area contributed by atoms with Crippen LogP contribution in [-0.2, 0) is 4.74 Å². The van der Waals surface area contributed by atoms with Gasteiger partial charge in [-0.25, -0.2) is 0 Å². The molecule has 1 aliphatic carbocycles. The van der Waals surface area contributed by atoms with Crippen molar-refractivity contribution in [3.8, 4) is 0 Å². The molecule has 0 aromatic rings. The molecule has 1 heterocycles. The third kappa shape index (κ3) is 3.87. The van der Waals surface area contributed by atoms with E-state index in [1.54, 1.807) is 0 Å². The van der Waals surface area contributed by atoms with Crippen molar-refractivity contribution in [2.45, 2.75) is 51.5 Å². The fourth-order valence-corrected chi connectivity index (χ4v) is 2.62. The number of aliphatic imine (C=N–C) groups is 1. The zero-order valence-electron chi connectivity index (χ0n) is 10.9. The molecule has 1 aliphatic heterocycles. The summed E-state index contributed by atoms with van der Waals surface area (Å²) in [7, 11) is 0. The van der Waals surface area contributed by atoms with Gasteiger partial charge in [-0.1, -0.05) is 19.8 Å². The van der Waals surface area contributed by atoms with Crippen LogP contribution >= 0.6 is 0 Å². The van der Waals surface area contributed by atoms with Crippen LogP contribution in [0.15, 0.2) is 4.99 Å². The number of ether oxygens (including phenoxy) is 1. The van der Waals surface area contributed by atoms with Crippen LogP contribution in [0.4, 0.5) is 0 Å². The molecule has 0 spiro atoms. The number of guanidine groups is 1. The second-order valence-corrected chi connectivity index (χ2v) is 5.75. The Balaban J connectivity index is 1.77. The molecule has 0 atom stereocenters. The van der Waals surface area contributed by atoms with Crippen LogP contribution in [0.2, 0.25) is 0 Å². The van der Waals surface area contributed by atoms with Gasteiger partial charge in [-0.05, 0) is 31.1 Å². The van der Waals surface area contributed by atoms with E-state index < -0.39 is 0 Å². The number of hydrogen-bond donors (Lipinski definition) is 2. The fraction of sp³-hybridized carbons (Fsp3) is 0.923. The first-order valence-electron chi connectivity index (χ1n) is 6.82. The van der Waals surface area contributed by atoms with Gasteiger partial charge in [0, 0.05) is 25.8 Å². The molecule has 0 bridgehead atoms. The Morgan fingerprint density at radius 1 is 1.35 bits per heavy atom. The molecule has 1 saturated carbocycles. The summed E-state index contributed by atoms with van der Waals surface area (Å²) >= 11 is 0. The summed E-state index contributed by atoms with van der Waals surface area (Å²) in [6, 6.07) is 0.557. The summed E-state index contributed by atoms with van der Waals surface area (Å²) in [5.74, 6) is 0.629. The first-order chi connectivity index (χ1) is 8.18. The van der Waals surface area contributed by atoms with E-state index in [2.05, 4.69) is 17.2 Å². The van der Waals surface area contributed by atoms with E-state index in [1.807, 2.05) is 0 Å². The van der Waals surface area contributed by atoms with Crippen LogP contribution in [0.5, 0.6) is 0 Å². The maximum Gasteiger partial charge on any atom is 0.188 e. The predicted molar refractivity (Wildman–Crippen MR) is 70.0 cm³/mol. The molecule has 1 saturated heterocycles. The number of nitrogens with one attached hydrogen (secondary N) is 1. The molecule has 2 aliphatic rings. The minimum Gasteiger partial charge on any atom is -0.381 e. The van der Waals surface area contributed by atoms with E-state index in [1.165, 1.54) is 25.7 Å². The molecule has 4 nitrogen and oxygen atoms in total. The minimum atomic E-state index is 0.278. The van der Waals surface area contributed by atoms with Gasteiger partial charge in [0.05, 0.1) is 0 Å². The average Bonchev–Trinajstić information content (AvgIpc) is 2.80. The average molecular weight is 239 g/mol. The first-order valence-corrected chi connectivity index (χ1v) is 6.82. The van der Waals surface area contributed by atoms with Crippen LogP contribution in [-0.4, -0.2) is 31.8 Å². The molecule has 0 unspecified atom stereocenters. The van der Waals surface area contributed by atoms with E-state index >= 15 is 0 Å². The summed E-state index contributed by atoms with van der Waals surface area (Å²) in [4.78, 5) is 4.51. The Kier molecular flexibility index (Phi) is 4.26. The van der Waals surface area contributed by atoms with E-state index in [-0.39, 0.29) is 5.41 Å². The van der Waals surface area contributed by atoms with Crippen molar-refractivity contribution in [2.75, 3.05) is 19.8 Å². The maximum atomic E-state index is 5.94. The second kappa shape index (κ2) is 5.71. The lowest BCUT2D eigenvalue weighted by molar-refractivity contribution is 0.0283. The summed E-state index contributed by atoms with van der Waals surface area (Å²) in [6.45, 7) is 4.83. The minimum absolute atomic E-state index is 0.278. The summed E-state index contributed by atoms with van der Waals surface area (Å²) in [5, 5.41) is 3.33. The van der Waals surface area contributed by atoms with Gasteiger partial charge < -0.3 is 15.8 Å². The molecule has 2 rings (SSSR count). The van der Waals surface area contributed by atoms with Crippen LogP contribution in [0.25, 0.3) is 0 Å². The highest BCUT2D eigenvalue weighted by Gasteiger charge is 2.27. The molecule has 0 aromatic carbocycles. The van der Waals surface area contributed by atoms with Crippen molar-refractivity contribution in [2.24, 2.45) is 16.1 Å². The van der Waals surface area contributed by atoms with Crippen molar-refractivity contribution in [3.05, 3.63) is 0 Å². The maximum absolute atomic E-state index is 5.94. The SMILES string of the molecule is CC1(CN=C(N)NC2CCCC2)CCOCC1. The standard InChI is InChI=1S/C13H25N3O/c1-13(6-8-17-9-7-13)10-15-12(14)16-11-4-2-3-5-11/h11H,2-10H2,1H3,(H3,14,15,16).